The highest BCUT2D eigenvalue weighted by atomic mass is 19.1. The van der Waals surface area contributed by atoms with Gasteiger partial charge in [-0.05, 0) is 25.1 Å². The maximum atomic E-state index is 13.5. The minimum absolute atomic E-state index is 0.191. The molecule has 18 heavy (non-hydrogen) atoms. The van der Waals surface area contributed by atoms with Gasteiger partial charge in [-0.1, -0.05) is 0 Å². The van der Waals surface area contributed by atoms with E-state index in [-0.39, 0.29) is 5.56 Å². The van der Waals surface area contributed by atoms with Crippen LogP contribution in [0.3, 0.4) is 0 Å². The second-order valence-corrected chi connectivity index (χ2v) is 3.79. The summed E-state index contributed by atoms with van der Waals surface area (Å²) < 4.78 is 20.0. The number of aryl methyl sites for hydroxylation is 1. The van der Waals surface area contributed by atoms with Crippen LogP contribution in [0.5, 0.6) is 0 Å². The van der Waals surface area contributed by atoms with Crippen molar-refractivity contribution in [3.05, 3.63) is 42.1 Å². The van der Waals surface area contributed by atoms with Crippen molar-refractivity contribution >= 4 is 5.97 Å². The Hall–Kier alpha value is -2.17. The van der Waals surface area contributed by atoms with Gasteiger partial charge in [0.25, 0.3) is 0 Å². The second kappa shape index (κ2) is 5.00. The van der Waals surface area contributed by atoms with E-state index in [9.17, 15) is 9.18 Å². The first-order valence-corrected chi connectivity index (χ1v) is 5.55. The van der Waals surface area contributed by atoms with Gasteiger partial charge in [-0.25, -0.2) is 14.2 Å². The van der Waals surface area contributed by atoms with E-state index in [0.29, 0.717) is 5.56 Å². The standard InChI is InChI=1S/C13H13FN2O2/c1-3-16-8-15-7-12(16)9-4-10(13(17)18-2)6-11(14)5-9/h4-8H,3H2,1-2H3. The Kier molecular flexibility index (Phi) is 3.41. The highest BCUT2D eigenvalue weighted by Gasteiger charge is 2.12. The van der Waals surface area contributed by atoms with E-state index in [1.165, 1.54) is 13.2 Å². The summed E-state index contributed by atoms with van der Waals surface area (Å²) in [6.07, 6.45) is 3.30. The topological polar surface area (TPSA) is 44.1 Å². The number of hydrogen-bond donors (Lipinski definition) is 0. The lowest BCUT2D eigenvalue weighted by Gasteiger charge is -2.07. The van der Waals surface area contributed by atoms with Crippen LogP contribution in [-0.4, -0.2) is 22.6 Å². The van der Waals surface area contributed by atoms with Crippen molar-refractivity contribution in [2.45, 2.75) is 13.5 Å². The van der Waals surface area contributed by atoms with Crippen LogP contribution in [0.2, 0.25) is 0 Å². The summed E-state index contributed by atoms with van der Waals surface area (Å²) in [5, 5.41) is 0. The summed E-state index contributed by atoms with van der Waals surface area (Å²) in [4.78, 5) is 15.4. The maximum absolute atomic E-state index is 13.5. The van der Waals surface area contributed by atoms with Crippen molar-refractivity contribution in [1.29, 1.82) is 0 Å². The summed E-state index contributed by atoms with van der Waals surface area (Å²) in [6, 6.07) is 4.12. The van der Waals surface area contributed by atoms with E-state index in [1.54, 1.807) is 18.6 Å². The zero-order valence-corrected chi connectivity index (χ0v) is 10.2. The largest absolute Gasteiger partial charge is 0.465 e. The first-order valence-electron chi connectivity index (χ1n) is 5.55. The Morgan fingerprint density at radius 1 is 1.44 bits per heavy atom. The molecule has 2 aromatic rings. The van der Waals surface area contributed by atoms with Gasteiger partial charge in [-0.15, -0.1) is 0 Å². The Balaban J connectivity index is 2.51. The smallest absolute Gasteiger partial charge is 0.337 e. The molecule has 0 atom stereocenters. The van der Waals surface area contributed by atoms with Gasteiger partial charge in [0, 0.05) is 12.1 Å². The first kappa shape index (κ1) is 12.3. The number of carbonyl (C=O) groups is 1. The summed E-state index contributed by atoms with van der Waals surface area (Å²) in [6.45, 7) is 2.69. The number of carbonyl (C=O) groups excluding carboxylic acids is 1. The number of rotatable bonds is 3. The van der Waals surface area contributed by atoms with Gasteiger partial charge in [-0.2, -0.15) is 0 Å². The van der Waals surface area contributed by atoms with E-state index >= 15 is 0 Å². The van der Waals surface area contributed by atoms with E-state index < -0.39 is 11.8 Å². The number of ether oxygens (including phenoxy) is 1. The van der Waals surface area contributed by atoms with Crippen LogP contribution in [0.15, 0.2) is 30.7 Å². The third-order valence-electron chi connectivity index (χ3n) is 2.67. The molecule has 94 valence electrons. The van der Waals surface area contributed by atoms with E-state index in [1.807, 2.05) is 11.5 Å². The average Bonchev–Trinajstić information content (AvgIpc) is 2.85. The number of methoxy groups -OCH3 is 1. The molecular formula is C13H13FN2O2. The summed E-state index contributed by atoms with van der Waals surface area (Å²) in [7, 11) is 1.27. The van der Waals surface area contributed by atoms with Gasteiger partial charge in [0.05, 0.1) is 30.9 Å². The number of imidazole rings is 1. The fraction of sp³-hybridized carbons (Fsp3) is 0.231. The van der Waals surface area contributed by atoms with Crippen molar-refractivity contribution in [3.8, 4) is 11.3 Å². The lowest BCUT2D eigenvalue weighted by molar-refractivity contribution is 0.0600. The lowest BCUT2D eigenvalue weighted by atomic mass is 10.1. The summed E-state index contributed by atoms with van der Waals surface area (Å²) in [5.41, 5.74) is 1.56. The van der Waals surface area contributed by atoms with Gasteiger partial charge < -0.3 is 9.30 Å². The number of halogens is 1. The Bertz CT molecular complexity index is 578. The van der Waals surface area contributed by atoms with Gasteiger partial charge >= 0.3 is 5.97 Å². The highest BCUT2D eigenvalue weighted by Crippen LogP contribution is 2.22. The average molecular weight is 248 g/mol. The number of nitrogens with zero attached hydrogens (tertiary/aromatic N) is 2. The summed E-state index contributed by atoms with van der Waals surface area (Å²) >= 11 is 0. The molecule has 0 aliphatic heterocycles. The molecule has 2 rings (SSSR count). The third kappa shape index (κ3) is 2.25. The van der Waals surface area contributed by atoms with Crippen LogP contribution < -0.4 is 0 Å². The van der Waals surface area contributed by atoms with Gasteiger partial charge in [0.2, 0.25) is 0 Å². The van der Waals surface area contributed by atoms with Crippen LogP contribution in [0.4, 0.5) is 4.39 Å². The predicted octanol–water partition coefficient (Wildman–Crippen LogP) is 2.50. The fourth-order valence-corrected chi connectivity index (χ4v) is 1.79. The van der Waals surface area contributed by atoms with E-state index in [0.717, 1.165) is 18.3 Å². The first-order chi connectivity index (χ1) is 8.65. The lowest BCUT2D eigenvalue weighted by Crippen LogP contribution is -2.03. The van der Waals surface area contributed by atoms with Crippen molar-refractivity contribution < 1.29 is 13.9 Å². The zero-order valence-electron chi connectivity index (χ0n) is 10.2. The molecule has 0 amide bonds. The molecule has 0 aliphatic carbocycles. The fourth-order valence-electron chi connectivity index (χ4n) is 1.79. The number of benzene rings is 1. The third-order valence-corrected chi connectivity index (χ3v) is 2.67. The molecule has 0 aliphatic rings. The molecule has 0 saturated carbocycles. The highest BCUT2D eigenvalue weighted by molar-refractivity contribution is 5.90. The number of aromatic nitrogens is 2. The monoisotopic (exact) mass is 248 g/mol. The molecule has 0 saturated heterocycles. The van der Waals surface area contributed by atoms with Crippen molar-refractivity contribution in [1.82, 2.24) is 9.55 Å². The van der Waals surface area contributed by atoms with E-state index in [2.05, 4.69) is 9.72 Å². The SMILES string of the molecule is CCn1cncc1-c1cc(F)cc(C(=O)OC)c1. The van der Waals surface area contributed by atoms with Gasteiger partial charge in [0.15, 0.2) is 0 Å². The molecule has 0 unspecified atom stereocenters. The van der Waals surface area contributed by atoms with Crippen LogP contribution in [0, 0.1) is 5.82 Å². The molecular weight excluding hydrogens is 235 g/mol. The Morgan fingerprint density at radius 2 is 2.22 bits per heavy atom. The van der Waals surface area contributed by atoms with Crippen LogP contribution in [0.25, 0.3) is 11.3 Å². The van der Waals surface area contributed by atoms with Crippen molar-refractivity contribution in [2.24, 2.45) is 0 Å². The Morgan fingerprint density at radius 3 is 2.89 bits per heavy atom. The minimum atomic E-state index is -0.557. The van der Waals surface area contributed by atoms with Gasteiger partial charge in [-0.3, -0.25) is 0 Å². The van der Waals surface area contributed by atoms with Crippen molar-refractivity contribution in [3.63, 3.8) is 0 Å². The van der Waals surface area contributed by atoms with Crippen LogP contribution >= 0.6 is 0 Å². The number of esters is 1. The quantitative estimate of drug-likeness (QED) is 0.784. The van der Waals surface area contributed by atoms with Crippen molar-refractivity contribution in [2.75, 3.05) is 7.11 Å². The zero-order chi connectivity index (χ0) is 13.1. The molecule has 5 heteroatoms. The molecule has 0 bridgehead atoms. The molecule has 0 radical (unpaired) electrons. The van der Waals surface area contributed by atoms with E-state index in [4.69, 9.17) is 0 Å². The molecule has 0 fully saturated rings. The number of hydrogen-bond acceptors (Lipinski definition) is 3. The molecule has 4 nitrogen and oxygen atoms in total. The molecule has 1 heterocycles. The predicted molar refractivity (Wildman–Crippen MR) is 64.6 cm³/mol. The van der Waals surface area contributed by atoms with Gasteiger partial charge in [0.1, 0.15) is 5.82 Å². The maximum Gasteiger partial charge on any atom is 0.337 e. The Labute approximate surface area is 104 Å². The normalized spacial score (nSPS) is 10.4. The van der Waals surface area contributed by atoms with Crippen LogP contribution in [0.1, 0.15) is 17.3 Å². The second-order valence-electron chi connectivity index (χ2n) is 3.79. The summed E-state index contributed by atoms with van der Waals surface area (Å²) in [5.74, 6) is -1.03. The minimum Gasteiger partial charge on any atom is -0.465 e. The van der Waals surface area contributed by atoms with Crippen LogP contribution in [-0.2, 0) is 11.3 Å². The molecule has 1 aromatic carbocycles. The molecule has 0 spiro atoms. The molecule has 0 N–H and O–H groups in total. The molecule has 1 aromatic heterocycles.